The lowest BCUT2D eigenvalue weighted by atomic mass is 9.84. The average molecular weight is 266 g/mol. The Morgan fingerprint density at radius 2 is 1.79 bits per heavy atom. The largest absolute Gasteiger partial charge is 0.393 e. The van der Waals surface area contributed by atoms with Gasteiger partial charge >= 0.3 is 0 Å². The van der Waals surface area contributed by atoms with Crippen LogP contribution in [-0.4, -0.2) is 47.8 Å². The number of piperidine rings is 1. The van der Waals surface area contributed by atoms with Crippen LogP contribution in [0.25, 0.3) is 0 Å². The van der Waals surface area contributed by atoms with Crippen molar-refractivity contribution in [1.82, 2.24) is 10.2 Å². The van der Waals surface area contributed by atoms with Gasteiger partial charge in [0.25, 0.3) is 0 Å². The first-order chi connectivity index (χ1) is 9.01. The van der Waals surface area contributed by atoms with Crippen LogP contribution in [0.1, 0.15) is 52.4 Å². The lowest BCUT2D eigenvalue weighted by molar-refractivity contribution is 0.0237. The van der Waals surface area contributed by atoms with Crippen molar-refractivity contribution in [3.63, 3.8) is 0 Å². The van der Waals surface area contributed by atoms with Gasteiger partial charge in [0.05, 0.1) is 6.10 Å². The van der Waals surface area contributed by atoms with Gasteiger partial charge in [-0.25, -0.2) is 0 Å². The summed E-state index contributed by atoms with van der Waals surface area (Å²) in [5.41, 5.74) is 0.438. The second kappa shape index (κ2) is 5.01. The number of nitrogens with one attached hydrogen (secondary N) is 1. The molecule has 3 nitrogen and oxygen atoms in total. The third-order valence-corrected chi connectivity index (χ3v) is 6.09. The molecule has 3 fully saturated rings. The molecule has 1 aliphatic carbocycles. The van der Waals surface area contributed by atoms with E-state index in [-0.39, 0.29) is 6.10 Å². The van der Waals surface area contributed by atoms with Crippen LogP contribution in [0.3, 0.4) is 0 Å². The summed E-state index contributed by atoms with van der Waals surface area (Å²) in [5, 5.41) is 13.5. The van der Waals surface area contributed by atoms with E-state index < -0.39 is 0 Å². The lowest BCUT2D eigenvalue weighted by Crippen LogP contribution is -2.50. The van der Waals surface area contributed by atoms with Crippen LogP contribution in [-0.2, 0) is 0 Å². The predicted molar refractivity (Wildman–Crippen MR) is 78.1 cm³/mol. The molecule has 2 bridgehead atoms. The van der Waals surface area contributed by atoms with Gasteiger partial charge in [0, 0.05) is 24.7 Å². The molecular formula is C16H30N2O. The first-order valence-corrected chi connectivity index (χ1v) is 8.12. The molecule has 110 valence electrons. The Morgan fingerprint density at radius 1 is 1.16 bits per heavy atom. The fraction of sp³-hybridized carbons (Fsp3) is 1.00. The summed E-state index contributed by atoms with van der Waals surface area (Å²) in [7, 11) is 2.12. The smallest absolute Gasteiger partial charge is 0.0570 e. The van der Waals surface area contributed by atoms with Crippen LogP contribution in [0.4, 0.5) is 0 Å². The molecule has 0 aromatic heterocycles. The Hall–Kier alpha value is -0.120. The average Bonchev–Trinajstić information content (AvgIpc) is 2.75. The Balaban J connectivity index is 1.66. The van der Waals surface area contributed by atoms with Crippen LogP contribution in [0.2, 0.25) is 0 Å². The summed E-state index contributed by atoms with van der Waals surface area (Å²) in [4.78, 5) is 2.74. The fourth-order valence-corrected chi connectivity index (χ4v) is 5.16. The van der Waals surface area contributed by atoms with Gasteiger partial charge in [0.2, 0.25) is 0 Å². The van der Waals surface area contributed by atoms with E-state index in [0.717, 1.165) is 18.8 Å². The number of hydrogen-bond donors (Lipinski definition) is 2. The zero-order valence-corrected chi connectivity index (χ0v) is 12.7. The van der Waals surface area contributed by atoms with Gasteiger partial charge < -0.3 is 10.4 Å². The molecule has 0 aromatic rings. The van der Waals surface area contributed by atoms with E-state index in [1.54, 1.807) is 0 Å². The Labute approximate surface area is 117 Å². The van der Waals surface area contributed by atoms with Gasteiger partial charge in [-0.05, 0) is 56.9 Å². The maximum atomic E-state index is 9.91. The summed E-state index contributed by atoms with van der Waals surface area (Å²) in [6.07, 6.45) is 7.30. The highest BCUT2D eigenvalue weighted by atomic mass is 16.3. The number of hydrogen-bond acceptors (Lipinski definition) is 3. The summed E-state index contributed by atoms with van der Waals surface area (Å²) < 4.78 is 0. The van der Waals surface area contributed by atoms with Gasteiger partial charge in [0.1, 0.15) is 0 Å². The molecule has 2 aliphatic heterocycles. The monoisotopic (exact) mass is 266 g/mol. The third-order valence-electron chi connectivity index (χ3n) is 6.09. The first kappa shape index (κ1) is 13.8. The van der Waals surface area contributed by atoms with Crippen molar-refractivity contribution in [2.75, 3.05) is 13.6 Å². The van der Waals surface area contributed by atoms with Gasteiger partial charge in [-0.15, -0.1) is 0 Å². The van der Waals surface area contributed by atoms with Gasteiger partial charge in [0.15, 0.2) is 0 Å². The summed E-state index contributed by atoms with van der Waals surface area (Å²) in [5.74, 6) is 0.790. The Bertz CT molecular complexity index is 317. The minimum Gasteiger partial charge on any atom is -0.393 e. The van der Waals surface area contributed by atoms with Gasteiger partial charge in [-0.1, -0.05) is 13.8 Å². The van der Waals surface area contributed by atoms with Crippen LogP contribution in [0, 0.1) is 11.3 Å². The van der Waals surface area contributed by atoms with Crippen LogP contribution >= 0.6 is 0 Å². The lowest BCUT2D eigenvalue weighted by Gasteiger charge is -2.40. The van der Waals surface area contributed by atoms with Crippen molar-refractivity contribution >= 4 is 0 Å². The van der Waals surface area contributed by atoms with Crippen molar-refractivity contribution in [2.45, 2.75) is 76.6 Å². The van der Waals surface area contributed by atoms with Gasteiger partial charge in [-0.2, -0.15) is 0 Å². The number of nitrogens with zero attached hydrogens (tertiary/aromatic N) is 1. The van der Waals surface area contributed by atoms with Gasteiger partial charge in [-0.3, -0.25) is 4.90 Å². The van der Waals surface area contributed by atoms with Crippen LogP contribution < -0.4 is 5.32 Å². The summed E-state index contributed by atoms with van der Waals surface area (Å²) >= 11 is 0. The molecule has 1 saturated carbocycles. The molecule has 3 aliphatic rings. The van der Waals surface area contributed by atoms with Crippen molar-refractivity contribution in [1.29, 1.82) is 0 Å². The van der Waals surface area contributed by atoms with E-state index in [4.69, 9.17) is 0 Å². The first-order valence-electron chi connectivity index (χ1n) is 8.12. The van der Waals surface area contributed by atoms with E-state index in [1.165, 1.54) is 32.2 Å². The highest BCUT2D eigenvalue weighted by Gasteiger charge is 2.45. The minimum absolute atomic E-state index is 0.0335. The maximum absolute atomic E-state index is 9.91. The molecule has 2 N–H and O–H groups in total. The molecule has 3 rings (SSSR count). The Kier molecular flexibility index (Phi) is 3.65. The maximum Gasteiger partial charge on any atom is 0.0570 e. The molecule has 3 heteroatoms. The van der Waals surface area contributed by atoms with Crippen molar-refractivity contribution in [3.8, 4) is 0 Å². The van der Waals surface area contributed by atoms with E-state index in [0.29, 0.717) is 23.5 Å². The van der Waals surface area contributed by atoms with Crippen molar-refractivity contribution in [3.05, 3.63) is 0 Å². The zero-order chi connectivity index (χ0) is 13.6. The molecule has 2 heterocycles. The number of aliphatic hydroxyl groups is 1. The van der Waals surface area contributed by atoms with Crippen LogP contribution in [0.15, 0.2) is 0 Å². The van der Waals surface area contributed by atoms with E-state index >= 15 is 0 Å². The topological polar surface area (TPSA) is 35.5 Å². The summed E-state index contributed by atoms with van der Waals surface area (Å²) in [6, 6.07) is 1.98. The molecule has 0 radical (unpaired) electrons. The quantitative estimate of drug-likeness (QED) is 0.820. The van der Waals surface area contributed by atoms with E-state index in [9.17, 15) is 5.11 Å². The molecule has 2 saturated heterocycles. The Morgan fingerprint density at radius 3 is 2.37 bits per heavy atom. The highest BCUT2D eigenvalue weighted by molar-refractivity contribution is 5.01. The molecule has 4 atom stereocenters. The molecule has 19 heavy (non-hydrogen) atoms. The zero-order valence-electron chi connectivity index (χ0n) is 12.7. The second-order valence-corrected chi connectivity index (χ2v) is 7.76. The fourth-order valence-electron chi connectivity index (χ4n) is 5.16. The molecule has 0 spiro atoms. The number of rotatable bonds is 3. The molecule has 0 amide bonds. The number of aliphatic hydroxyl groups excluding tert-OH is 1. The van der Waals surface area contributed by atoms with Crippen molar-refractivity contribution < 1.29 is 5.11 Å². The summed E-state index contributed by atoms with van der Waals surface area (Å²) in [6.45, 7) is 6.06. The highest BCUT2D eigenvalue weighted by Crippen LogP contribution is 2.44. The molecule has 0 aromatic carbocycles. The minimum atomic E-state index is -0.0335. The normalized spacial score (nSPS) is 45.8. The van der Waals surface area contributed by atoms with Crippen molar-refractivity contribution in [2.24, 2.45) is 11.3 Å². The molecule has 4 unspecified atom stereocenters. The number of fused-ring (bicyclic) bond motifs is 2. The van der Waals surface area contributed by atoms with E-state index in [1.807, 2.05) is 0 Å². The second-order valence-electron chi connectivity index (χ2n) is 7.76. The van der Waals surface area contributed by atoms with Crippen LogP contribution in [0.5, 0.6) is 0 Å². The SMILES string of the molecule is CNC1C(CN2C3CCC2CC(O)C3)CCC1(C)C. The standard InChI is InChI=1S/C16H30N2O/c1-16(2)7-6-11(15(16)17-3)10-18-12-4-5-13(18)9-14(19)8-12/h11-15,17,19H,4-10H2,1-3H3. The van der Waals surface area contributed by atoms with E-state index in [2.05, 4.69) is 31.1 Å². The molecular weight excluding hydrogens is 236 g/mol. The third kappa shape index (κ3) is 2.45. The predicted octanol–water partition coefficient (Wildman–Crippen LogP) is 2.00.